The van der Waals surface area contributed by atoms with Gasteiger partial charge in [0.2, 0.25) is 0 Å². The van der Waals surface area contributed by atoms with Gasteiger partial charge in [0.15, 0.2) is 11.7 Å². The van der Waals surface area contributed by atoms with Gasteiger partial charge in [0.25, 0.3) is 5.91 Å². The first-order chi connectivity index (χ1) is 12.1. The number of ether oxygens (including phenoxy) is 2. The minimum absolute atomic E-state index is 0.0729. The zero-order valence-corrected chi connectivity index (χ0v) is 14.8. The van der Waals surface area contributed by atoms with Gasteiger partial charge in [-0.05, 0) is 50.2 Å². The minimum Gasteiger partial charge on any atom is -0.484 e. The Morgan fingerprint density at radius 1 is 1.00 bits per heavy atom. The molecule has 6 heteroatoms. The van der Waals surface area contributed by atoms with Crippen molar-refractivity contribution in [2.24, 2.45) is 0 Å². The topological polar surface area (TPSA) is 60.5 Å². The fourth-order valence-corrected chi connectivity index (χ4v) is 2.89. The maximum atomic E-state index is 11.9. The van der Waals surface area contributed by atoms with E-state index in [1.807, 2.05) is 44.2 Å². The minimum atomic E-state index is -0.238. The van der Waals surface area contributed by atoms with Crippen molar-refractivity contribution < 1.29 is 14.3 Å². The highest BCUT2D eigenvalue weighted by atomic mass is 32.1. The van der Waals surface area contributed by atoms with Crippen LogP contribution in [0.5, 0.6) is 17.2 Å². The quantitative estimate of drug-likeness (QED) is 0.704. The van der Waals surface area contributed by atoms with Crippen molar-refractivity contribution in [1.29, 1.82) is 0 Å². The molecule has 25 heavy (non-hydrogen) atoms. The third-order valence-corrected chi connectivity index (χ3v) is 4.44. The van der Waals surface area contributed by atoms with E-state index in [0.29, 0.717) is 16.6 Å². The first kappa shape index (κ1) is 17.0. The van der Waals surface area contributed by atoms with E-state index >= 15 is 0 Å². The molecule has 1 amide bonds. The van der Waals surface area contributed by atoms with Gasteiger partial charge in [-0.15, -0.1) is 11.3 Å². The molecule has 3 rings (SSSR count). The number of nitrogens with one attached hydrogen (secondary N) is 1. The molecule has 0 spiro atoms. The van der Waals surface area contributed by atoms with Gasteiger partial charge in [-0.3, -0.25) is 10.1 Å². The number of thiazole rings is 1. The second-order valence-corrected chi connectivity index (χ2v) is 6.59. The Morgan fingerprint density at radius 3 is 2.28 bits per heavy atom. The molecule has 0 unspecified atom stereocenters. The number of amides is 1. The van der Waals surface area contributed by atoms with Crippen LogP contribution in [0.25, 0.3) is 0 Å². The highest BCUT2D eigenvalue weighted by molar-refractivity contribution is 7.15. The normalized spacial score (nSPS) is 10.3. The molecule has 0 aliphatic carbocycles. The molecule has 1 N–H and O–H groups in total. The third kappa shape index (κ3) is 4.81. The molecular formula is C19H18N2O3S. The second kappa shape index (κ2) is 7.81. The summed E-state index contributed by atoms with van der Waals surface area (Å²) >= 11 is 1.45. The van der Waals surface area contributed by atoms with Crippen LogP contribution in [-0.4, -0.2) is 17.5 Å². The lowest BCUT2D eigenvalue weighted by Crippen LogP contribution is -2.20. The van der Waals surface area contributed by atoms with E-state index in [9.17, 15) is 4.79 Å². The number of hydrogen-bond donors (Lipinski definition) is 1. The van der Waals surface area contributed by atoms with Gasteiger partial charge in [0, 0.05) is 4.88 Å². The Balaban J connectivity index is 1.50. The van der Waals surface area contributed by atoms with E-state index in [0.717, 1.165) is 16.3 Å². The number of anilines is 1. The molecule has 2 aromatic carbocycles. The summed E-state index contributed by atoms with van der Waals surface area (Å²) in [6.07, 6.45) is 0. The van der Waals surface area contributed by atoms with Crippen molar-refractivity contribution in [3.63, 3.8) is 0 Å². The number of aromatic nitrogens is 1. The van der Waals surface area contributed by atoms with Gasteiger partial charge in [-0.1, -0.05) is 18.2 Å². The fourth-order valence-electron chi connectivity index (χ4n) is 2.06. The van der Waals surface area contributed by atoms with Crippen LogP contribution in [0.2, 0.25) is 0 Å². The predicted octanol–water partition coefficient (Wildman–Crippen LogP) is 4.57. The summed E-state index contributed by atoms with van der Waals surface area (Å²) in [7, 11) is 0. The standard InChI is InChI=1S/C19H18N2O3S/c1-13-14(2)25-19(20-13)21-18(22)12-23-15-8-10-17(11-9-15)24-16-6-4-3-5-7-16/h3-11H,12H2,1-2H3,(H,20,21,22). The lowest BCUT2D eigenvalue weighted by molar-refractivity contribution is -0.118. The zero-order chi connectivity index (χ0) is 17.6. The van der Waals surface area contributed by atoms with Crippen LogP contribution in [0.1, 0.15) is 10.6 Å². The average molecular weight is 354 g/mol. The number of aryl methyl sites for hydroxylation is 2. The van der Waals surface area contributed by atoms with Crippen LogP contribution >= 0.6 is 11.3 Å². The summed E-state index contributed by atoms with van der Waals surface area (Å²) in [6.45, 7) is 3.81. The second-order valence-electron chi connectivity index (χ2n) is 5.38. The van der Waals surface area contributed by atoms with Gasteiger partial charge >= 0.3 is 0 Å². The van der Waals surface area contributed by atoms with Crippen molar-refractivity contribution in [2.75, 3.05) is 11.9 Å². The summed E-state index contributed by atoms with van der Waals surface area (Å²) in [5.41, 5.74) is 0.926. The summed E-state index contributed by atoms with van der Waals surface area (Å²) in [5, 5.41) is 3.33. The number of hydrogen-bond acceptors (Lipinski definition) is 5. The zero-order valence-electron chi connectivity index (χ0n) is 14.0. The smallest absolute Gasteiger partial charge is 0.264 e. The largest absolute Gasteiger partial charge is 0.484 e. The molecule has 0 saturated carbocycles. The van der Waals surface area contributed by atoms with Crippen molar-refractivity contribution in [3.05, 3.63) is 65.2 Å². The van der Waals surface area contributed by atoms with Crippen molar-refractivity contribution in [1.82, 2.24) is 4.98 Å². The SMILES string of the molecule is Cc1nc(NC(=O)COc2ccc(Oc3ccccc3)cc2)sc1C. The molecule has 1 heterocycles. The molecule has 0 saturated heterocycles. The van der Waals surface area contributed by atoms with Crippen molar-refractivity contribution in [2.45, 2.75) is 13.8 Å². The lowest BCUT2D eigenvalue weighted by Gasteiger charge is -2.08. The van der Waals surface area contributed by atoms with E-state index in [1.54, 1.807) is 24.3 Å². The molecule has 0 radical (unpaired) electrons. The molecule has 0 bridgehead atoms. The summed E-state index contributed by atoms with van der Waals surface area (Å²) in [6, 6.07) is 16.7. The first-order valence-corrected chi connectivity index (χ1v) is 8.61. The Kier molecular flexibility index (Phi) is 5.30. The monoisotopic (exact) mass is 354 g/mol. The van der Waals surface area contributed by atoms with Crippen LogP contribution in [0.4, 0.5) is 5.13 Å². The van der Waals surface area contributed by atoms with E-state index in [4.69, 9.17) is 9.47 Å². The molecule has 5 nitrogen and oxygen atoms in total. The van der Waals surface area contributed by atoms with Gasteiger partial charge in [-0.2, -0.15) is 0 Å². The molecule has 1 aromatic heterocycles. The van der Waals surface area contributed by atoms with E-state index in [1.165, 1.54) is 11.3 Å². The van der Waals surface area contributed by atoms with Crippen molar-refractivity contribution in [3.8, 4) is 17.2 Å². The van der Waals surface area contributed by atoms with Crippen LogP contribution in [-0.2, 0) is 4.79 Å². The van der Waals surface area contributed by atoms with Crippen LogP contribution in [0.15, 0.2) is 54.6 Å². The Morgan fingerprint density at radius 2 is 1.64 bits per heavy atom. The van der Waals surface area contributed by atoms with Gasteiger partial charge in [-0.25, -0.2) is 4.98 Å². The van der Waals surface area contributed by atoms with Crippen LogP contribution in [0.3, 0.4) is 0 Å². The number of benzene rings is 2. The Hall–Kier alpha value is -2.86. The van der Waals surface area contributed by atoms with Crippen LogP contribution < -0.4 is 14.8 Å². The number of carbonyl (C=O) groups excluding carboxylic acids is 1. The summed E-state index contributed by atoms with van der Waals surface area (Å²) in [4.78, 5) is 17.3. The summed E-state index contributed by atoms with van der Waals surface area (Å²) < 4.78 is 11.2. The van der Waals surface area contributed by atoms with E-state index < -0.39 is 0 Å². The molecule has 0 fully saturated rings. The number of carbonyl (C=O) groups is 1. The molecule has 3 aromatic rings. The number of para-hydroxylation sites is 1. The Labute approximate surface area is 150 Å². The van der Waals surface area contributed by atoms with Gasteiger partial charge in [0.1, 0.15) is 17.2 Å². The lowest BCUT2D eigenvalue weighted by atomic mass is 10.3. The van der Waals surface area contributed by atoms with E-state index in [-0.39, 0.29) is 12.5 Å². The van der Waals surface area contributed by atoms with E-state index in [2.05, 4.69) is 10.3 Å². The molecule has 0 aliphatic rings. The maximum absolute atomic E-state index is 11.9. The number of nitrogens with zero attached hydrogens (tertiary/aromatic N) is 1. The molecular weight excluding hydrogens is 336 g/mol. The summed E-state index contributed by atoms with van der Waals surface area (Å²) in [5.74, 6) is 1.83. The van der Waals surface area contributed by atoms with Crippen molar-refractivity contribution >= 4 is 22.4 Å². The predicted molar refractivity (Wildman–Crippen MR) is 98.7 cm³/mol. The first-order valence-electron chi connectivity index (χ1n) is 7.80. The highest BCUT2D eigenvalue weighted by Gasteiger charge is 2.08. The van der Waals surface area contributed by atoms with Crippen LogP contribution in [0, 0.1) is 13.8 Å². The molecule has 128 valence electrons. The fraction of sp³-hybridized carbons (Fsp3) is 0.158. The number of rotatable bonds is 6. The van der Waals surface area contributed by atoms with Gasteiger partial charge in [0.05, 0.1) is 5.69 Å². The maximum Gasteiger partial charge on any atom is 0.264 e. The highest BCUT2D eigenvalue weighted by Crippen LogP contribution is 2.24. The van der Waals surface area contributed by atoms with Gasteiger partial charge < -0.3 is 9.47 Å². The molecule has 0 atom stereocenters. The Bertz CT molecular complexity index is 825. The third-order valence-electron chi connectivity index (χ3n) is 3.45. The average Bonchev–Trinajstić information content (AvgIpc) is 2.92. The molecule has 0 aliphatic heterocycles.